The first kappa shape index (κ1) is 12.4. The third-order valence-electron chi connectivity index (χ3n) is 2.35. The molecule has 1 N–H and O–H groups in total. The third kappa shape index (κ3) is 2.67. The highest BCUT2D eigenvalue weighted by Crippen LogP contribution is 2.15. The van der Waals surface area contributed by atoms with Gasteiger partial charge in [-0.2, -0.15) is 0 Å². The molecule has 0 radical (unpaired) electrons. The summed E-state index contributed by atoms with van der Waals surface area (Å²) in [6, 6.07) is 0. The number of aliphatic carboxylic acids is 1. The molecule has 0 saturated heterocycles. The van der Waals surface area contributed by atoms with Crippen LogP contribution in [0.4, 0.5) is 0 Å². The number of hydrogen-bond acceptors (Lipinski definition) is 3. The number of carbonyl (C=O) groups is 1. The molecule has 0 aliphatic carbocycles. The fourth-order valence-electron chi connectivity index (χ4n) is 1.49. The number of nitrogens with zero attached hydrogens (tertiary/aromatic N) is 1. The molecule has 0 aromatic carbocycles. The van der Waals surface area contributed by atoms with Crippen molar-refractivity contribution < 1.29 is 14.6 Å². The van der Waals surface area contributed by atoms with Crippen LogP contribution in [0, 0.1) is 0 Å². The summed E-state index contributed by atoms with van der Waals surface area (Å²) in [6.07, 6.45) is 0. The zero-order chi connectivity index (χ0) is 10.5. The number of methoxy groups -OCH3 is 1. The molecule has 0 amide bonds. The lowest BCUT2D eigenvalue weighted by molar-refractivity contribution is -0.154. The summed E-state index contributed by atoms with van der Waals surface area (Å²) in [5, 5.41) is 9.07. The number of ether oxygens (including phenoxy) is 1. The fraction of sp³-hybridized carbons (Fsp3) is 0.889. The van der Waals surface area contributed by atoms with E-state index >= 15 is 0 Å². The number of carboxylic acid groups (broad SMARTS) is 1. The Labute approximate surface area is 79.5 Å². The maximum absolute atomic E-state index is 11.0. The van der Waals surface area contributed by atoms with Gasteiger partial charge >= 0.3 is 5.97 Å². The Morgan fingerprint density at radius 3 is 2.15 bits per heavy atom. The molecule has 0 aromatic rings. The Morgan fingerprint density at radius 2 is 1.92 bits per heavy atom. The minimum Gasteiger partial charge on any atom is -0.480 e. The lowest BCUT2D eigenvalue weighted by Crippen LogP contribution is -2.55. The summed E-state index contributed by atoms with van der Waals surface area (Å²) < 4.78 is 4.93. The normalized spacial score (nSPS) is 15.8. The molecule has 4 heteroatoms. The van der Waals surface area contributed by atoms with Crippen molar-refractivity contribution in [1.82, 2.24) is 4.90 Å². The number of rotatable bonds is 6. The Kier molecular flexibility index (Phi) is 4.95. The Hall–Kier alpha value is -0.610. The van der Waals surface area contributed by atoms with Crippen LogP contribution in [0.25, 0.3) is 0 Å². The highest BCUT2D eigenvalue weighted by Gasteiger charge is 2.38. The second-order valence-corrected chi connectivity index (χ2v) is 3.18. The summed E-state index contributed by atoms with van der Waals surface area (Å²) in [5.74, 6) is -0.835. The predicted molar refractivity (Wildman–Crippen MR) is 50.8 cm³/mol. The van der Waals surface area contributed by atoms with Gasteiger partial charge in [0.25, 0.3) is 0 Å². The van der Waals surface area contributed by atoms with Gasteiger partial charge in [0.15, 0.2) is 0 Å². The van der Waals surface area contributed by atoms with Gasteiger partial charge in [-0.1, -0.05) is 13.8 Å². The molecule has 0 spiro atoms. The van der Waals surface area contributed by atoms with Crippen molar-refractivity contribution in [2.75, 3.05) is 26.8 Å². The molecule has 0 aromatic heterocycles. The Bertz CT molecular complexity index is 168. The van der Waals surface area contributed by atoms with E-state index < -0.39 is 11.5 Å². The molecule has 1 unspecified atom stereocenters. The van der Waals surface area contributed by atoms with Gasteiger partial charge in [0.05, 0.1) is 6.61 Å². The Balaban J connectivity index is 4.64. The molecule has 0 saturated carbocycles. The lowest BCUT2D eigenvalue weighted by atomic mass is 10.0. The van der Waals surface area contributed by atoms with E-state index in [1.807, 2.05) is 18.7 Å². The molecule has 0 rings (SSSR count). The second kappa shape index (κ2) is 5.19. The third-order valence-corrected chi connectivity index (χ3v) is 2.35. The molecule has 0 bridgehead atoms. The van der Waals surface area contributed by atoms with Crippen molar-refractivity contribution in [1.29, 1.82) is 0 Å². The van der Waals surface area contributed by atoms with Gasteiger partial charge in [0.1, 0.15) is 5.54 Å². The fourth-order valence-corrected chi connectivity index (χ4v) is 1.49. The second-order valence-electron chi connectivity index (χ2n) is 3.18. The van der Waals surface area contributed by atoms with Crippen LogP contribution in [0.5, 0.6) is 0 Å². The van der Waals surface area contributed by atoms with Crippen LogP contribution >= 0.6 is 0 Å². The molecule has 0 heterocycles. The van der Waals surface area contributed by atoms with Crippen molar-refractivity contribution in [3.8, 4) is 0 Å². The monoisotopic (exact) mass is 189 g/mol. The molecule has 1 atom stereocenters. The average Bonchev–Trinajstić information content (AvgIpc) is 2.06. The summed E-state index contributed by atoms with van der Waals surface area (Å²) in [5.41, 5.74) is -0.905. The van der Waals surface area contributed by atoms with Crippen LogP contribution in [0.3, 0.4) is 0 Å². The van der Waals surface area contributed by atoms with Crippen LogP contribution in [-0.4, -0.2) is 48.3 Å². The van der Waals surface area contributed by atoms with Crippen molar-refractivity contribution in [2.24, 2.45) is 0 Å². The van der Waals surface area contributed by atoms with Crippen LogP contribution < -0.4 is 0 Å². The van der Waals surface area contributed by atoms with Gasteiger partial charge in [-0.25, -0.2) is 0 Å². The maximum atomic E-state index is 11.0. The quantitative estimate of drug-likeness (QED) is 0.672. The maximum Gasteiger partial charge on any atom is 0.326 e. The molecule has 13 heavy (non-hydrogen) atoms. The van der Waals surface area contributed by atoms with Crippen LogP contribution in [-0.2, 0) is 9.53 Å². The molecule has 0 aliphatic heterocycles. The summed E-state index contributed by atoms with van der Waals surface area (Å²) in [7, 11) is 1.52. The Morgan fingerprint density at radius 1 is 1.46 bits per heavy atom. The van der Waals surface area contributed by atoms with Crippen LogP contribution in [0.2, 0.25) is 0 Å². The van der Waals surface area contributed by atoms with E-state index in [2.05, 4.69) is 0 Å². The minimum absolute atomic E-state index is 0.212. The lowest BCUT2D eigenvalue weighted by Gasteiger charge is -2.35. The van der Waals surface area contributed by atoms with E-state index in [-0.39, 0.29) is 6.61 Å². The summed E-state index contributed by atoms with van der Waals surface area (Å²) in [6.45, 7) is 7.21. The number of hydrogen-bond donors (Lipinski definition) is 1. The first-order chi connectivity index (χ1) is 6.02. The van der Waals surface area contributed by atoms with E-state index in [1.54, 1.807) is 6.92 Å². The first-order valence-corrected chi connectivity index (χ1v) is 4.50. The van der Waals surface area contributed by atoms with E-state index in [0.29, 0.717) is 13.1 Å². The van der Waals surface area contributed by atoms with Crippen molar-refractivity contribution in [3.63, 3.8) is 0 Å². The zero-order valence-corrected chi connectivity index (χ0v) is 8.83. The standard InChI is InChI=1S/C9H19NO3/c1-5-10(6-2)9(3,7-13-4)8(11)12/h5-7H2,1-4H3,(H,11,12). The average molecular weight is 189 g/mol. The SMILES string of the molecule is CCN(CC)C(C)(COC)C(=O)O. The predicted octanol–water partition coefficient (Wildman–Crippen LogP) is 0.818. The van der Waals surface area contributed by atoms with Crippen molar-refractivity contribution in [2.45, 2.75) is 26.3 Å². The van der Waals surface area contributed by atoms with Gasteiger partial charge in [0.2, 0.25) is 0 Å². The van der Waals surface area contributed by atoms with Gasteiger partial charge in [-0.15, -0.1) is 0 Å². The van der Waals surface area contributed by atoms with Gasteiger partial charge in [-0.05, 0) is 20.0 Å². The van der Waals surface area contributed by atoms with Crippen LogP contribution in [0.1, 0.15) is 20.8 Å². The summed E-state index contributed by atoms with van der Waals surface area (Å²) in [4.78, 5) is 12.9. The number of carboxylic acids is 1. The van der Waals surface area contributed by atoms with Gasteiger partial charge in [-0.3, -0.25) is 9.69 Å². The zero-order valence-electron chi connectivity index (χ0n) is 8.83. The van der Waals surface area contributed by atoms with E-state index in [9.17, 15) is 4.79 Å². The highest BCUT2D eigenvalue weighted by molar-refractivity contribution is 5.78. The molecule has 78 valence electrons. The van der Waals surface area contributed by atoms with E-state index in [0.717, 1.165) is 0 Å². The van der Waals surface area contributed by atoms with Gasteiger partial charge < -0.3 is 9.84 Å². The molecular weight excluding hydrogens is 170 g/mol. The van der Waals surface area contributed by atoms with Crippen molar-refractivity contribution in [3.05, 3.63) is 0 Å². The van der Waals surface area contributed by atoms with Gasteiger partial charge in [0, 0.05) is 7.11 Å². The minimum atomic E-state index is -0.905. The van der Waals surface area contributed by atoms with Crippen LogP contribution in [0.15, 0.2) is 0 Å². The largest absolute Gasteiger partial charge is 0.480 e. The highest BCUT2D eigenvalue weighted by atomic mass is 16.5. The molecule has 4 nitrogen and oxygen atoms in total. The molecular formula is C9H19NO3. The van der Waals surface area contributed by atoms with E-state index in [4.69, 9.17) is 9.84 Å². The smallest absolute Gasteiger partial charge is 0.326 e. The molecule has 0 aliphatic rings. The number of likely N-dealkylation sites (N-methyl/N-ethyl adjacent to an activating group) is 1. The van der Waals surface area contributed by atoms with E-state index in [1.165, 1.54) is 7.11 Å². The van der Waals surface area contributed by atoms with Crippen molar-refractivity contribution >= 4 is 5.97 Å². The summed E-state index contributed by atoms with van der Waals surface area (Å²) >= 11 is 0. The first-order valence-electron chi connectivity index (χ1n) is 4.50. The topological polar surface area (TPSA) is 49.8 Å². The molecule has 0 fully saturated rings.